The average Bonchev–Trinajstić information content (AvgIpc) is 2.77. The van der Waals surface area contributed by atoms with Gasteiger partial charge in [-0.25, -0.2) is 8.42 Å². The molecule has 2 aromatic rings. The van der Waals surface area contributed by atoms with Crippen molar-refractivity contribution in [3.8, 4) is 0 Å². The van der Waals surface area contributed by atoms with Gasteiger partial charge < -0.3 is 10.6 Å². The van der Waals surface area contributed by atoms with Crippen LogP contribution in [0.25, 0.3) is 0 Å². The van der Waals surface area contributed by atoms with E-state index in [4.69, 9.17) is 11.6 Å². The van der Waals surface area contributed by atoms with Crippen molar-refractivity contribution in [1.82, 2.24) is 14.9 Å². The number of sulfonamides is 1. The molecule has 0 aromatic heterocycles. The van der Waals surface area contributed by atoms with E-state index in [2.05, 4.69) is 10.6 Å². The third-order valence-corrected chi connectivity index (χ3v) is 7.64. The number of nitrogens with zero attached hydrogens (tertiary/aromatic N) is 1. The minimum atomic E-state index is -3.57. The van der Waals surface area contributed by atoms with Crippen LogP contribution in [-0.2, 0) is 10.0 Å². The Morgan fingerprint density at radius 2 is 1.65 bits per heavy atom. The first kappa shape index (κ1) is 23.2. The normalized spacial score (nSPS) is 17.2. The molecule has 1 heterocycles. The number of carbonyl (C=O) groups is 2. The zero-order valence-electron chi connectivity index (χ0n) is 17.3. The van der Waals surface area contributed by atoms with Crippen molar-refractivity contribution < 1.29 is 18.0 Å². The maximum atomic E-state index is 12.9. The Morgan fingerprint density at radius 3 is 2.29 bits per heavy atom. The number of nitrogens with one attached hydrogen (secondary N) is 2. The minimum Gasteiger partial charge on any atom is -0.350 e. The molecule has 31 heavy (non-hydrogen) atoms. The van der Waals surface area contributed by atoms with Crippen LogP contribution < -0.4 is 10.6 Å². The maximum Gasteiger partial charge on any atom is 0.252 e. The molecule has 9 heteroatoms. The summed E-state index contributed by atoms with van der Waals surface area (Å²) in [5.41, 5.74) is 0.721. The lowest BCUT2D eigenvalue weighted by Gasteiger charge is -2.32. The number of carbonyl (C=O) groups excluding carboxylic acids is 2. The summed E-state index contributed by atoms with van der Waals surface area (Å²) in [6.45, 7) is 2.89. The number of benzene rings is 2. The second-order valence-corrected chi connectivity index (χ2v) is 9.77. The van der Waals surface area contributed by atoms with Gasteiger partial charge in [0.15, 0.2) is 0 Å². The molecule has 1 aliphatic heterocycles. The van der Waals surface area contributed by atoms with Gasteiger partial charge in [-0.1, -0.05) is 30.2 Å². The van der Waals surface area contributed by atoms with E-state index in [0.29, 0.717) is 22.7 Å². The van der Waals surface area contributed by atoms with E-state index in [9.17, 15) is 18.0 Å². The molecule has 7 nitrogen and oxygen atoms in total. The number of halogens is 1. The van der Waals surface area contributed by atoms with Gasteiger partial charge in [0, 0.05) is 31.2 Å². The molecule has 0 aliphatic carbocycles. The van der Waals surface area contributed by atoms with Crippen molar-refractivity contribution in [2.24, 2.45) is 0 Å². The van der Waals surface area contributed by atoms with E-state index in [1.54, 1.807) is 24.3 Å². The SMILES string of the molecule is CC1CCCCN1S(=O)(=O)c1ccc(C(=O)NCCNC(=O)c2ccccc2Cl)cc1. The third-order valence-electron chi connectivity index (χ3n) is 5.28. The molecular weight excluding hydrogens is 438 g/mol. The van der Waals surface area contributed by atoms with Crippen LogP contribution in [0.1, 0.15) is 46.9 Å². The summed E-state index contributed by atoms with van der Waals surface area (Å²) in [5.74, 6) is -0.663. The van der Waals surface area contributed by atoms with Crippen LogP contribution in [0.3, 0.4) is 0 Å². The van der Waals surface area contributed by atoms with Gasteiger partial charge in [0.25, 0.3) is 11.8 Å². The van der Waals surface area contributed by atoms with Crippen molar-refractivity contribution in [2.45, 2.75) is 37.1 Å². The molecule has 2 aromatic carbocycles. The van der Waals surface area contributed by atoms with Gasteiger partial charge in [-0.2, -0.15) is 4.31 Å². The summed E-state index contributed by atoms with van der Waals surface area (Å²) < 4.78 is 27.3. The molecule has 0 bridgehead atoms. The molecule has 1 unspecified atom stereocenters. The molecule has 3 rings (SSSR count). The van der Waals surface area contributed by atoms with Gasteiger partial charge in [0.1, 0.15) is 0 Å². The van der Waals surface area contributed by atoms with Crippen LogP contribution in [-0.4, -0.2) is 50.2 Å². The molecule has 2 amide bonds. The third kappa shape index (κ3) is 5.64. The van der Waals surface area contributed by atoms with Gasteiger partial charge in [-0.05, 0) is 56.2 Å². The van der Waals surface area contributed by atoms with Crippen LogP contribution in [0.4, 0.5) is 0 Å². The van der Waals surface area contributed by atoms with Crippen molar-refractivity contribution in [3.63, 3.8) is 0 Å². The molecule has 1 aliphatic rings. The molecular formula is C22H26ClN3O4S. The Kier molecular flexibility index (Phi) is 7.69. The first-order chi connectivity index (χ1) is 14.8. The summed E-state index contributed by atoms with van der Waals surface area (Å²) in [5, 5.41) is 5.75. The van der Waals surface area contributed by atoms with Gasteiger partial charge in [0.2, 0.25) is 10.0 Å². The molecule has 1 atom stereocenters. The Labute approximate surface area is 187 Å². The highest BCUT2D eigenvalue weighted by Crippen LogP contribution is 2.25. The van der Waals surface area contributed by atoms with Crippen molar-refractivity contribution >= 4 is 33.4 Å². The standard InChI is InChI=1S/C22H26ClN3O4S/c1-16-6-4-5-15-26(16)31(29,30)18-11-9-17(10-12-18)21(27)24-13-14-25-22(28)19-7-2-3-8-20(19)23/h2-3,7-12,16H,4-6,13-15H2,1H3,(H,24,27)(H,25,28). The van der Waals surface area contributed by atoms with E-state index in [-0.39, 0.29) is 35.8 Å². The number of hydrogen-bond donors (Lipinski definition) is 2. The van der Waals surface area contributed by atoms with Crippen LogP contribution in [0.5, 0.6) is 0 Å². The Hall–Kier alpha value is -2.42. The van der Waals surface area contributed by atoms with Gasteiger partial charge in [-0.3, -0.25) is 9.59 Å². The summed E-state index contributed by atoms with van der Waals surface area (Å²) in [6.07, 6.45) is 2.74. The Balaban J connectivity index is 1.52. The van der Waals surface area contributed by atoms with Crippen LogP contribution in [0, 0.1) is 0 Å². The van der Waals surface area contributed by atoms with E-state index >= 15 is 0 Å². The van der Waals surface area contributed by atoms with Gasteiger partial charge >= 0.3 is 0 Å². The first-order valence-corrected chi connectivity index (χ1v) is 12.1. The molecule has 0 saturated carbocycles. The van der Waals surface area contributed by atoms with Crippen LogP contribution in [0.15, 0.2) is 53.4 Å². The van der Waals surface area contributed by atoms with Crippen LogP contribution >= 0.6 is 11.6 Å². The summed E-state index contributed by atoms with van der Waals surface area (Å²) in [7, 11) is -3.57. The van der Waals surface area contributed by atoms with Crippen LogP contribution in [0.2, 0.25) is 5.02 Å². The van der Waals surface area contributed by atoms with Gasteiger partial charge in [-0.15, -0.1) is 0 Å². The summed E-state index contributed by atoms with van der Waals surface area (Å²) >= 11 is 5.99. The fourth-order valence-corrected chi connectivity index (χ4v) is 5.46. The zero-order valence-corrected chi connectivity index (χ0v) is 18.9. The fraction of sp³-hybridized carbons (Fsp3) is 0.364. The maximum absolute atomic E-state index is 12.9. The predicted molar refractivity (Wildman–Crippen MR) is 120 cm³/mol. The quantitative estimate of drug-likeness (QED) is 0.617. The lowest BCUT2D eigenvalue weighted by atomic mass is 10.1. The van der Waals surface area contributed by atoms with E-state index in [1.807, 2.05) is 6.92 Å². The monoisotopic (exact) mass is 463 g/mol. The fourth-order valence-electron chi connectivity index (χ4n) is 3.54. The smallest absolute Gasteiger partial charge is 0.252 e. The van der Waals surface area contributed by atoms with E-state index in [1.165, 1.54) is 28.6 Å². The summed E-state index contributed by atoms with van der Waals surface area (Å²) in [6, 6.07) is 12.6. The lowest BCUT2D eigenvalue weighted by molar-refractivity contribution is 0.0927. The second kappa shape index (κ2) is 10.3. The molecule has 0 radical (unpaired) electrons. The Morgan fingerprint density at radius 1 is 1.00 bits per heavy atom. The highest BCUT2D eigenvalue weighted by atomic mass is 35.5. The molecule has 166 valence electrons. The van der Waals surface area contributed by atoms with Crippen molar-refractivity contribution in [3.05, 3.63) is 64.7 Å². The topological polar surface area (TPSA) is 95.6 Å². The number of rotatable bonds is 7. The van der Waals surface area contributed by atoms with Gasteiger partial charge in [0.05, 0.1) is 15.5 Å². The number of piperidine rings is 1. The Bertz CT molecular complexity index is 1040. The molecule has 2 N–H and O–H groups in total. The number of amides is 2. The lowest BCUT2D eigenvalue weighted by Crippen LogP contribution is -2.41. The predicted octanol–water partition coefficient (Wildman–Crippen LogP) is 3.06. The zero-order chi connectivity index (χ0) is 22.4. The van der Waals surface area contributed by atoms with E-state index in [0.717, 1.165) is 19.3 Å². The molecule has 1 fully saturated rings. The minimum absolute atomic E-state index is 0.0253. The largest absolute Gasteiger partial charge is 0.350 e. The number of hydrogen-bond acceptors (Lipinski definition) is 4. The molecule has 1 saturated heterocycles. The first-order valence-electron chi connectivity index (χ1n) is 10.2. The van der Waals surface area contributed by atoms with Crippen molar-refractivity contribution in [2.75, 3.05) is 19.6 Å². The summed E-state index contributed by atoms with van der Waals surface area (Å²) in [4.78, 5) is 24.6. The van der Waals surface area contributed by atoms with Crippen molar-refractivity contribution in [1.29, 1.82) is 0 Å². The average molecular weight is 464 g/mol. The highest BCUT2D eigenvalue weighted by Gasteiger charge is 2.30. The second-order valence-electron chi connectivity index (χ2n) is 7.48. The molecule has 0 spiro atoms. The highest BCUT2D eigenvalue weighted by molar-refractivity contribution is 7.89. The van der Waals surface area contributed by atoms with E-state index < -0.39 is 10.0 Å².